The second kappa shape index (κ2) is 9.96. The van der Waals surface area contributed by atoms with Crippen LogP contribution in [0.4, 0.5) is 0 Å². The zero-order valence-corrected chi connectivity index (χ0v) is 8.92. The first-order valence-corrected chi connectivity index (χ1v) is 5.15. The average molecular weight is 189 g/mol. The zero-order chi connectivity index (χ0) is 9.94. The number of nitrogens with two attached hydrogens (primary N) is 1. The minimum absolute atomic E-state index is 0.0756. The van der Waals surface area contributed by atoms with Gasteiger partial charge in [0.1, 0.15) is 0 Å². The van der Waals surface area contributed by atoms with Crippen molar-refractivity contribution < 1.29 is 9.47 Å². The molecule has 0 saturated carbocycles. The van der Waals surface area contributed by atoms with Gasteiger partial charge in [-0.25, -0.2) is 0 Å². The van der Waals surface area contributed by atoms with Gasteiger partial charge in [-0.3, -0.25) is 0 Å². The number of unbranched alkanes of at least 4 members (excludes halogenated alkanes) is 3. The third kappa shape index (κ3) is 8.22. The van der Waals surface area contributed by atoms with Crippen molar-refractivity contribution in [2.45, 2.75) is 38.7 Å². The van der Waals surface area contributed by atoms with Crippen LogP contribution >= 0.6 is 0 Å². The van der Waals surface area contributed by atoms with Crippen molar-refractivity contribution in [1.82, 2.24) is 0 Å². The van der Waals surface area contributed by atoms with E-state index in [1.165, 1.54) is 19.3 Å². The van der Waals surface area contributed by atoms with Crippen LogP contribution in [-0.4, -0.2) is 33.0 Å². The largest absolute Gasteiger partial charge is 0.382 e. The number of hydrogen-bond donors (Lipinski definition) is 1. The van der Waals surface area contributed by atoms with Crippen LogP contribution in [0.25, 0.3) is 0 Å². The van der Waals surface area contributed by atoms with Gasteiger partial charge in [-0.1, -0.05) is 26.2 Å². The minimum Gasteiger partial charge on any atom is -0.382 e. The predicted octanol–water partition coefficient (Wildman–Crippen LogP) is 1.56. The molecule has 0 aromatic carbocycles. The number of ether oxygens (including phenoxy) is 2. The Hall–Kier alpha value is -0.120. The first kappa shape index (κ1) is 12.9. The molecule has 0 radical (unpaired) electrons. The molecule has 0 bridgehead atoms. The van der Waals surface area contributed by atoms with E-state index in [1.807, 2.05) is 0 Å². The first-order chi connectivity index (χ1) is 6.35. The number of hydrogen-bond acceptors (Lipinski definition) is 3. The summed E-state index contributed by atoms with van der Waals surface area (Å²) in [4.78, 5) is 0. The standard InChI is InChI=1S/C10H23NO2/c1-3-4-5-6-7-13-10(8-11)9-12-2/h10H,3-9,11H2,1-2H3. The van der Waals surface area contributed by atoms with Crippen LogP contribution in [0.2, 0.25) is 0 Å². The summed E-state index contributed by atoms with van der Waals surface area (Å²) in [5, 5.41) is 0. The van der Waals surface area contributed by atoms with Crippen molar-refractivity contribution in [2.75, 3.05) is 26.9 Å². The van der Waals surface area contributed by atoms with E-state index in [9.17, 15) is 0 Å². The van der Waals surface area contributed by atoms with E-state index in [4.69, 9.17) is 15.2 Å². The van der Waals surface area contributed by atoms with Crippen LogP contribution in [0.15, 0.2) is 0 Å². The third-order valence-corrected chi connectivity index (χ3v) is 1.97. The van der Waals surface area contributed by atoms with E-state index < -0.39 is 0 Å². The highest BCUT2D eigenvalue weighted by Gasteiger charge is 2.04. The van der Waals surface area contributed by atoms with Gasteiger partial charge >= 0.3 is 0 Å². The Balaban J connectivity index is 3.17. The highest BCUT2D eigenvalue weighted by atomic mass is 16.5. The Labute approximate surface area is 81.6 Å². The van der Waals surface area contributed by atoms with Crippen molar-refractivity contribution in [3.05, 3.63) is 0 Å². The summed E-state index contributed by atoms with van der Waals surface area (Å²) < 4.78 is 10.5. The van der Waals surface area contributed by atoms with Crippen molar-refractivity contribution in [3.8, 4) is 0 Å². The molecule has 0 aliphatic rings. The normalized spacial score (nSPS) is 13.2. The lowest BCUT2D eigenvalue weighted by molar-refractivity contribution is 0.00213. The second-order valence-electron chi connectivity index (χ2n) is 3.24. The molecule has 0 aliphatic carbocycles. The van der Waals surface area contributed by atoms with Gasteiger partial charge in [0.05, 0.1) is 12.7 Å². The molecular formula is C10H23NO2. The Kier molecular flexibility index (Phi) is 9.87. The lowest BCUT2D eigenvalue weighted by Crippen LogP contribution is -2.28. The van der Waals surface area contributed by atoms with E-state index in [-0.39, 0.29) is 6.10 Å². The summed E-state index contributed by atoms with van der Waals surface area (Å²) in [5.74, 6) is 0. The van der Waals surface area contributed by atoms with Gasteiger partial charge in [-0.15, -0.1) is 0 Å². The van der Waals surface area contributed by atoms with Gasteiger partial charge < -0.3 is 15.2 Å². The molecule has 0 amide bonds. The molecule has 80 valence electrons. The third-order valence-electron chi connectivity index (χ3n) is 1.97. The van der Waals surface area contributed by atoms with E-state index in [1.54, 1.807) is 7.11 Å². The van der Waals surface area contributed by atoms with Crippen LogP contribution in [0.5, 0.6) is 0 Å². The SMILES string of the molecule is CCCCCCOC(CN)COC. The fourth-order valence-corrected chi connectivity index (χ4v) is 1.15. The van der Waals surface area contributed by atoms with Crippen LogP contribution < -0.4 is 5.73 Å². The van der Waals surface area contributed by atoms with Crippen LogP contribution in [0.3, 0.4) is 0 Å². The molecule has 1 atom stereocenters. The maximum atomic E-state index is 5.53. The summed E-state index contributed by atoms with van der Waals surface area (Å²) in [5.41, 5.74) is 5.49. The van der Waals surface area contributed by atoms with Crippen LogP contribution in [-0.2, 0) is 9.47 Å². The highest BCUT2D eigenvalue weighted by molar-refractivity contribution is 4.56. The lowest BCUT2D eigenvalue weighted by atomic mass is 10.2. The van der Waals surface area contributed by atoms with Crippen LogP contribution in [0.1, 0.15) is 32.6 Å². The van der Waals surface area contributed by atoms with E-state index >= 15 is 0 Å². The number of rotatable bonds is 9. The van der Waals surface area contributed by atoms with Crippen molar-refractivity contribution in [1.29, 1.82) is 0 Å². The lowest BCUT2D eigenvalue weighted by Gasteiger charge is -2.14. The molecule has 2 N–H and O–H groups in total. The first-order valence-electron chi connectivity index (χ1n) is 5.15. The molecule has 3 heteroatoms. The van der Waals surface area contributed by atoms with E-state index in [2.05, 4.69) is 6.92 Å². The van der Waals surface area contributed by atoms with E-state index in [0.29, 0.717) is 13.2 Å². The van der Waals surface area contributed by atoms with Gasteiger partial charge in [-0.2, -0.15) is 0 Å². The Morgan fingerprint density at radius 1 is 1.23 bits per heavy atom. The maximum absolute atomic E-state index is 5.53. The molecule has 0 rings (SSSR count). The van der Waals surface area contributed by atoms with Gasteiger partial charge in [0, 0.05) is 20.3 Å². The fourth-order valence-electron chi connectivity index (χ4n) is 1.15. The maximum Gasteiger partial charge on any atom is 0.0930 e. The molecule has 0 saturated heterocycles. The minimum atomic E-state index is 0.0756. The summed E-state index contributed by atoms with van der Waals surface area (Å²) in [7, 11) is 1.67. The molecule has 3 nitrogen and oxygen atoms in total. The van der Waals surface area contributed by atoms with Gasteiger partial charge in [0.15, 0.2) is 0 Å². The number of methoxy groups -OCH3 is 1. The monoisotopic (exact) mass is 189 g/mol. The second-order valence-corrected chi connectivity index (χ2v) is 3.24. The van der Waals surface area contributed by atoms with Crippen molar-refractivity contribution in [3.63, 3.8) is 0 Å². The predicted molar refractivity (Wildman–Crippen MR) is 54.8 cm³/mol. The molecule has 13 heavy (non-hydrogen) atoms. The average Bonchev–Trinajstić information content (AvgIpc) is 2.16. The van der Waals surface area contributed by atoms with Crippen molar-refractivity contribution in [2.24, 2.45) is 5.73 Å². The smallest absolute Gasteiger partial charge is 0.0930 e. The zero-order valence-electron chi connectivity index (χ0n) is 8.92. The summed E-state index contributed by atoms with van der Waals surface area (Å²) >= 11 is 0. The molecule has 1 unspecified atom stereocenters. The van der Waals surface area contributed by atoms with Gasteiger partial charge in [0.2, 0.25) is 0 Å². The quantitative estimate of drug-likeness (QED) is 0.560. The topological polar surface area (TPSA) is 44.5 Å². The Bertz CT molecular complexity index is 98.9. The summed E-state index contributed by atoms with van der Waals surface area (Å²) in [6.07, 6.45) is 5.01. The summed E-state index contributed by atoms with van der Waals surface area (Å²) in [6.45, 7) is 4.16. The molecule has 0 spiro atoms. The molecule has 0 aliphatic heterocycles. The summed E-state index contributed by atoms with van der Waals surface area (Å²) in [6, 6.07) is 0. The molecule has 0 heterocycles. The molecule has 0 aromatic rings. The van der Waals surface area contributed by atoms with Crippen molar-refractivity contribution >= 4 is 0 Å². The Morgan fingerprint density at radius 3 is 2.54 bits per heavy atom. The Morgan fingerprint density at radius 2 is 2.00 bits per heavy atom. The molecular weight excluding hydrogens is 166 g/mol. The van der Waals surface area contributed by atoms with Gasteiger partial charge in [-0.05, 0) is 6.42 Å². The molecule has 0 aromatic heterocycles. The van der Waals surface area contributed by atoms with E-state index in [0.717, 1.165) is 13.0 Å². The molecule has 0 fully saturated rings. The van der Waals surface area contributed by atoms with Gasteiger partial charge in [0.25, 0.3) is 0 Å². The fraction of sp³-hybridized carbons (Fsp3) is 1.00. The highest BCUT2D eigenvalue weighted by Crippen LogP contribution is 2.00. The van der Waals surface area contributed by atoms with Crippen LogP contribution in [0, 0.1) is 0 Å².